The van der Waals surface area contributed by atoms with E-state index in [4.69, 9.17) is 21.1 Å². The van der Waals surface area contributed by atoms with Gasteiger partial charge in [-0.2, -0.15) is 0 Å². The van der Waals surface area contributed by atoms with Gasteiger partial charge in [0.1, 0.15) is 5.75 Å². The lowest BCUT2D eigenvalue weighted by Gasteiger charge is -2.15. The molecule has 0 fully saturated rings. The predicted octanol–water partition coefficient (Wildman–Crippen LogP) is 1.92. The largest absolute Gasteiger partial charge is 0.483 e. The highest BCUT2D eigenvalue weighted by atomic mass is 35.5. The molecule has 0 saturated heterocycles. The van der Waals surface area contributed by atoms with E-state index in [1.54, 1.807) is 32.2 Å². The number of hydrogen-bond donors (Lipinski definition) is 2. The van der Waals surface area contributed by atoms with Crippen LogP contribution < -0.4 is 10.1 Å². The maximum absolute atomic E-state index is 11.7. The molecule has 1 aromatic carbocycles. The molecular formula is C14H20ClNO4. The van der Waals surface area contributed by atoms with Crippen LogP contribution in [0.15, 0.2) is 18.2 Å². The number of benzene rings is 1. The number of carbonyl (C=O) groups is 1. The number of nitrogens with one attached hydrogen (secondary N) is 1. The number of methoxy groups -OCH3 is 1. The third kappa shape index (κ3) is 5.36. The number of amides is 1. The second-order valence-electron chi connectivity index (χ2n) is 4.57. The van der Waals surface area contributed by atoms with Crippen LogP contribution in [0.1, 0.15) is 25.5 Å². The Kier molecular flexibility index (Phi) is 6.78. The molecule has 2 unspecified atom stereocenters. The molecule has 112 valence electrons. The van der Waals surface area contributed by atoms with Crippen molar-refractivity contribution < 1.29 is 19.4 Å². The summed E-state index contributed by atoms with van der Waals surface area (Å²) in [6.07, 6.45) is -0.723. The lowest BCUT2D eigenvalue weighted by Crippen LogP contribution is -2.38. The van der Waals surface area contributed by atoms with Gasteiger partial charge in [0.15, 0.2) is 6.61 Å². The van der Waals surface area contributed by atoms with Crippen LogP contribution in [0, 0.1) is 0 Å². The quantitative estimate of drug-likeness (QED) is 0.807. The fourth-order valence-electron chi connectivity index (χ4n) is 1.73. The molecule has 6 heteroatoms. The molecule has 1 rings (SSSR count). The minimum absolute atomic E-state index is 0.0856. The Balaban J connectivity index is 2.59. The van der Waals surface area contributed by atoms with E-state index >= 15 is 0 Å². The number of halogens is 1. The van der Waals surface area contributed by atoms with Crippen LogP contribution in [0.5, 0.6) is 5.75 Å². The highest BCUT2D eigenvalue weighted by Gasteiger charge is 2.12. The second kappa shape index (κ2) is 8.09. The topological polar surface area (TPSA) is 67.8 Å². The summed E-state index contributed by atoms with van der Waals surface area (Å²) in [5, 5.41) is 12.9. The molecule has 1 aromatic rings. The zero-order valence-electron chi connectivity index (χ0n) is 11.9. The van der Waals surface area contributed by atoms with Gasteiger partial charge in [-0.05, 0) is 32.0 Å². The Morgan fingerprint density at radius 3 is 2.75 bits per heavy atom. The van der Waals surface area contributed by atoms with Crippen molar-refractivity contribution in [3.63, 3.8) is 0 Å². The Morgan fingerprint density at radius 2 is 2.15 bits per heavy atom. The third-order valence-electron chi connectivity index (χ3n) is 2.60. The molecule has 0 saturated carbocycles. The summed E-state index contributed by atoms with van der Waals surface area (Å²) in [7, 11) is 1.57. The summed E-state index contributed by atoms with van der Waals surface area (Å²) in [4.78, 5) is 11.7. The zero-order chi connectivity index (χ0) is 15.1. The van der Waals surface area contributed by atoms with Crippen LogP contribution >= 0.6 is 11.6 Å². The Morgan fingerprint density at radius 1 is 1.45 bits per heavy atom. The molecular weight excluding hydrogens is 282 g/mol. The Hall–Kier alpha value is -1.30. The van der Waals surface area contributed by atoms with Crippen molar-refractivity contribution >= 4 is 17.5 Å². The normalized spacial score (nSPS) is 13.7. The first-order chi connectivity index (χ1) is 9.43. The maximum atomic E-state index is 11.7. The minimum atomic E-state index is -0.723. The monoisotopic (exact) mass is 301 g/mol. The van der Waals surface area contributed by atoms with Gasteiger partial charge in [0.2, 0.25) is 0 Å². The first-order valence-electron chi connectivity index (χ1n) is 6.32. The third-order valence-corrected chi connectivity index (χ3v) is 2.84. The molecule has 1 amide bonds. The average Bonchev–Trinajstić information content (AvgIpc) is 2.37. The molecule has 2 atom stereocenters. The van der Waals surface area contributed by atoms with Gasteiger partial charge in [-0.15, -0.1) is 0 Å². The first-order valence-corrected chi connectivity index (χ1v) is 6.70. The molecule has 0 spiro atoms. The van der Waals surface area contributed by atoms with Crippen LogP contribution in [0.3, 0.4) is 0 Å². The average molecular weight is 302 g/mol. The van der Waals surface area contributed by atoms with E-state index in [1.165, 1.54) is 0 Å². The van der Waals surface area contributed by atoms with Crippen molar-refractivity contribution in [2.24, 2.45) is 0 Å². The van der Waals surface area contributed by atoms with E-state index in [1.807, 2.05) is 6.92 Å². The number of aliphatic hydroxyl groups is 1. The molecule has 0 heterocycles. The van der Waals surface area contributed by atoms with E-state index in [0.717, 1.165) is 0 Å². The van der Waals surface area contributed by atoms with Gasteiger partial charge in [-0.25, -0.2) is 0 Å². The van der Waals surface area contributed by atoms with Crippen molar-refractivity contribution in [2.75, 3.05) is 20.3 Å². The highest BCUT2D eigenvalue weighted by Crippen LogP contribution is 2.28. The summed E-state index contributed by atoms with van der Waals surface area (Å²) in [5.74, 6) is 0.194. The predicted molar refractivity (Wildman–Crippen MR) is 77.1 cm³/mol. The summed E-state index contributed by atoms with van der Waals surface area (Å²) in [6.45, 7) is 3.76. The second-order valence-corrected chi connectivity index (χ2v) is 5.01. The van der Waals surface area contributed by atoms with E-state index in [2.05, 4.69) is 5.32 Å². The number of hydrogen-bond acceptors (Lipinski definition) is 4. The molecule has 20 heavy (non-hydrogen) atoms. The highest BCUT2D eigenvalue weighted by molar-refractivity contribution is 6.30. The van der Waals surface area contributed by atoms with Gasteiger partial charge in [0.05, 0.1) is 12.7 Å². The van der Waals surface area contributed by atoms with Gasteiger partial charge in [0.25, 0.3) is 5.91 Å². The number of aliphatic hydroxyl groups excluding tert-OH is 1. The maximum Gasteiger partial charge on any atom is 0.258 e. The molecule has 5 nitrogen and oxygen atoms in total. The van der Waals surface area contributed by atoms with Gasteiger partial charge in [-0.3, -0.25) is 4.79 Å². The molecule has 0 radical (unpaired) electrons. The number of carbonyl (C=O) groups excluding carboxylic acids is 1. The summed E-state index contributed by atoms with van der Waals surface area (Å²) in [5.41, 5.74) is 0.551. The van der Waals surface area contributed by atoms with E-state index in [-0.39, 0.29) is 18.6 Å². The van der Waals surface area contributed by atoms with Crippen LogP contribution in [-0.4, -0.2) is 37.4 Å². The summed E-state index contributed by atoms with van der Waals surface area (Å²) < 4.78 is 10.4. The molecule has 0 bridgehead atoms. The number of ether oxygens (including phenoxy) is 2. The summed E-state index contributed by atoms with van der Waals surface area (Å²) >= 11 is 5.87. The lowest BCUT2D eigenvalue weighted by molar-refractivity contribution is -0.124. The van der Waals surface area contributed by atoms with Crippen molar-refractivity contribution in [3.05, 3.63) is 28.8 Å². The van der Waals surface area contributed by atoms with E-state index in [0.29, 0.717) is 22.9 Å². The fraction of sp³-hybridized carbons (Fsp3) is 0.500. The molecule has 2 N–H and O–H groups in total. The summed E-state index contributed by atoms with van der Waals surface area (Å²) in [6, 6.07) is 4.81. The lowest BCUT2D eigenvalue weighted by atomic mass is 10.1. The van der Waals surface area contributed by atoms with Crippen molar-refractivity contribution in [1.29, 1.82) is 0 Å². The molecule has 0 aromatic heterocycles. The SMILES string of the molecule is COCC(C)NC(=O)COc1ccc(Cl)cc1C(C)O. The Labute approximate surface area is 123 Å². The van der Waals surface area contributed by atoms with Crippen LogP contribution in [0.25, 0.3) is 0 Å². The standard InChI is InChI=1S/C14H20ClNO4/c1-9(7-19-3)16-14(18)8-20-13-5-4-11(15)6-12(13)10(2)17/h4-6,9-10,17H,7-8H2,1-3H3,(H,16,18). The zero-order valence-corrected chi connectivity index (χ0v) is 12.6. The van der Waals surface area contributed by atoms with Crippen LogP contribution in [0.4, 0.5) is 0 Å². The van der Waals surface area contributed by atoms with Crippen LogP contribution in [-0.2, 0) is 9.53 Å². The van der Waals surface area contributed by atoms with Gasteiger partial charge >= 0.3 is 0 Å². The molecule has 0 aliphatic rings. The molecule has 0 aliphatic heterocycles. The number of rotatable bonds is 7. The smallest absolute Gasteiger partial charge is 0.258 e. The van der Waals surface area contributed by atoms with Crippen molar-refractivity contribution in [2.45, 2.75) is 26.0 Å². The van der Waals surface area contributed by atoms with Crippen LogP contribution in [0.2, 0.25) is 5.02 Å². The van der Waals surface area contributed by atoms with Gasteiger partial charge in [0, 0.05) is 23.7 Å². The van der Waals surface area contributed by atoms with E-state index < -0.39 is 6.10 Å². The van der Waals surface area contributed by atoms with Gasteiger partial charge in [-0.1, -0.05) is 11.6 Å². The fourth-order valence-corrected chi connectivity index (χ4v) is 1.91. The van der Waals surface area contributed by atoms with Crippen molar-refractivity contribution in [3.8, 4) is 5.75 Å². The Bertz CT molecular complexity index is 451. The van der Waals surface area contributed by atoms with Crippen molar-refractivity contribution in [1.82, 2.24) is 5.32 Å². The van der Waals surface area contributed by atoms with Gasteiger partial charge < -0.3 is 19.9 Å². The molecule has 0 aliphatic carbocycles. The minimum Gasteiger partial charge on any atom is -0.483 e. The first kappa shape index (κ1) is 16.8. The van der Waals surface area contributed by atoms with E-state index in [9.17, 15) is 9.90 Å².